The SMILES string of the molecule is COc1ccc(C(=O)O[C@H]2C[C@@H](O)O[C@H](CO)[C@H]2O)cc1. The second kappa shape index (κ2) is 6.86. The fourth-order valence-electron chi connectivity index (χ4n) is 2.12. The van der Waals surface area contributed by atoms with Gasteiger partial charge in [0.05, 0.1) is 19.3 Å². The minimum absolute atomic E-state index is 0.0560. The zero-order valence-electron chi connectivity index (χ0n) is 11.5. The van der Waals surface area contributed by atoms with Crippen molar-refractivity contribution in [2.75, 3.05) is 13.7 Å². The highest BCUT2D eigenvalue weighted by Crippen LogP contribution is 2.23. The Morgan fingerprint density at radius 3 is 2.57 bits per heavy atom. The largest absolute Gasteiger partial charge is 0.497 e. The third kappa shape index (κ3) is 3.70. The van der Waals surface area contributed by atoms with Crippen LogP contribution in [0.4, 0.5) is 0 Å². The van der Waals surface area contributed by atoms with Crippen LogP contribution in [0.1, 0.15) is 16.8 Å². The molecule has 1 saturated heterocycles. The van der Waals surface area contributed by atoms with Crippen LogP contribution in [-0.4, -0.2) is 59.6 Å². The Balaban J connectivity index is 2.03. The third-order valence-electron chi connectivity index (χ3n) is 3.29. The van der Waals surface area contributed by atoms with Crippen LogP contribution >= 0.6 is 0 Å². The highest BCUT2D eigenvalue weighted by molar-refractivity contribution is 5.89. The summed E-state index contributed by atoms with van der Waals surface area (Å²) >= 11 is 0. The average molecular weight is 298 g/mol. The smallest absolute Gasteiger partial charge is 0.338 e. The second-order valence-corrected chi connectivity index (χ2v) is 4.71. The molecule has 7 heteroatoms. The molecule has 0 aliphatic carbocycles. The molecule has 1 aromatic rings. The molecule has 7 nitrogen and oxygen atoms in total. The molecule has 1 heterocycles. The van der Waals surface area contributed by atoms with Crippen LogP contribution in [-0.2, 0) is 9.47 Å². The minimum Gasteiger partial charge on any atom is -0.497 e. The number of hydrogen-bond donors (Lipinski definition) is 3. The van der Waals surface area contributed by atoms with E-state index in [2.05, 4.69) is 0 Å². The Bertz CT molecular complexity index is 473. The Kier molecular flexibility index (Phi) is 5.13. The van der Waals surface area contributed by atoms with Gasteiger partial charge in [0.1, 0.15) is 24.1 Å². The van der Waals surface area contributed by atoms with E-state index in [0.717, 1.165) is 0 Å². The highest BCUT2D eigenvalue weighted by Gasteiger charge is 2.39. The maximum absolute atomic E-state index is 12.0. The van der Waals surface area contributed by atoms with Gasteiger partial charge in [-0.1, -0.05) is 0 Å². The van der Waals surface area contributed by atoms with E-state index in [1.165, 1.54) is 19.2 Å². The van der Waals surface area contributed by atoms with Crippen molar-refractivity contribution in [3.63, 3.8) is 0 Å². The number of carbonyl (C=O) groups is 1. The molecule has 0 bridgehead atoms. The molecule has 116 valence electrons. The first-order valence-corrected chi connectivity index (χ1v) is 6.52. The van der Waals surface area contributed by atoms with Gasteiger partial charge in [-0.2, -0.15) is 0 Å². The molecule has 1 fully saturated rings. The van der Waals surface area contributed by atoms with Gasteiger partial charge in [0.2, 0.25) is 0 Å². The van der Waals surface area contributed by atoms with Gasteiger partial charge in [0.25, 0.3) is 0 Å². The molecular weight excluding hydrogens is 280 g/mol. The molecule has 2 rings (SSSR count). The molecule has 21 heavy (non-hydrogen) atoms. The number of esters is 1. The van der Waals surface area contributed by atoms with Gasteiger partial charge < -0.3 is 29.5 Å². The summed E-state index contributed by atoms with van der Waals surface area (Å²) in [5, 5.41) is 28.5. The number of carbonyl (C=O) groups excluding carboxylic acids is 1. The average Bonchev–Trinajstić information content (AvgIpc) is 2.50. The molecule has 0 amide bonds. The lowest BCUT2D eigenvalue weighted by Crippen LogP contribution is -2.51. The number of benzene rings is 1. The first-order chi connectivity index (χ1) is 10.0. The lowest BCUT2D eigenvalue weighted by Gasteiger charge is -2.36. The fraction of sp³-hybridized carbons (Fsp3) is 0.500. The van der Waals surface area contributed by atoms with Crippen LogP contribution < -0.4 is 4.74 Å². The van der Waals surface area contributed by atoms with E-state index in [-0.39, 0.29) is 6.42 Å². The van der Waals surface area contributed by atoms with Crippen molar-refractivity contribution in [1.82, 2.24) is 0 Å². The minimum atomic E-state index is -1.20. The van der Waals surface area contributed by atoms with E-state index in [4.69, 9.17) is 19.3 Å². The zero-order valence-corrected chi connectivity index (χ0v) is 11.5. The van der Waals surface area contributed by atoms with Crippen LogP contribution in [0.15, 0.2) is 24.3 Å². The van der Waals surface area contributed by atoms with Gasteiger partial charge in [-0.3, -0.25) is 0 Å². The van der Waals surface area contributed by atoms with E-state index in [1.54, 1.807) is 12.1 Å². The lowest BCUT2D eigenvalue weighted by molar-refractivity contribution is -0.239. The summed E-state index contributed by atoms with van der Waals surface area (Å²) in [6.45, 7) is -0.477. The molecule has 4 atom stereocenters. The predicted octanol–water partition coefficient (Wildman–Crippen LogP) is -0.319. The van der Waals surface area contributed by atoms with Gasteiger partial charge >= 0.3 is 5.97 Å². The molecule has 0 radical (unpaired) electrons. The maximum atomic E-state index is 12.0. The van der Waals surface area contributed by atoms with Gasteiger partial charge in [-0.05, 0) is 24.3 Å². The summed E-state index contributed by atoms with van der Waals surface area (Å²) in [6.07, 6.45) is -4.37. The van der Waals surface area contributed by atoms with Gasteiger partial charge in [-0.25, -0.2) is 4.79 Å². The Hall–Kier alpha value is -1.67. The summed E-state index contributed by atoms with van der Waals surface area (Å²) < 4.78 is 15.1. The number of rotatable bonds is 4. The number of methoxy groups -OCH3 is 1. The van der Waals surface area contributed by atoms with Crippen LogP contribution in [0, 0.1) is 0 Å². The summed E-state index contributed by atoms with van der Waals surface area (Å²) in [6, 6.07) is 6.30. The number of hydrogen-bond acceptors (Lipinski definition) is 7. The van der Waals surface area contributed by atoms with Crippen LogP contribution in [0.3, 0.4) is 0 Å². The van der Waals surface area contributed by atoms with Crippen molar-refractivity contribution in [3.05, 3.63) is 29.8 Å². The predicted molar refractivity (Wildman–Crippen MR) is 70.8 cm³/mol. The monoisotopic (exact) mass is 298 g/mol. The molecule has 1 aliphatic heterocycles. The third-order valence-corrected chi connectivity index (χ3v) is 3.29. The normalized spacial score (nSPS) is 29.0. The van der Waals surface area contributed by atoms with Gasteiger partial charge in [-0.15, -0.1) is 0 Å². The fourth-order valence-corrected chi connectivity index (χ4v) is 2.12. The quantitative estimate of drug-likeness (QED) is 0.654. The molecule has 1 aliphatic rings. The molecule has 0 saturated carbocycles. The molecule has 0 unspecified atom stereocenters. The maximum Gasteiger partial charge on any atom is 0.338 e. The van der Waals surface area contributed by atoms with Crippen molar-refractivity contribution >= 4 is 5.97 Å². The van der Waals surface area contributed by atoms with E-state index in [9.17, 15) is 15.0 Å². The lowest BCUT2D eigenvalue weighted by atomic mass is 10.0. The van der Waals surface area contributed by atoms with Crippen LogP contribution in [0.2, 0.25) is 0 Å². The van der Waals surface area contributed by atoms with Crippen molar-refractivity contribution < 1.29 is 34.3 Å². The number of ether oxygens (including phenoxy) is 3. The molecule has 0 spiro atoms. The summed E-state index contributed by atoms with van der Waals surface area (Å²) in [4.78, 5) is 12.0. The van der Waals surface area contributed by atoms with E-state index >= 15 is 0 Å². The van der Waals surface area contributed by atoms with E-state index < -0.39 is 37.2 Å². The van der Waals surface area contributed by atoms with Crippen LogP contribution in [0.25, 0.3) is 0 Å². The first-order valence-electron chi connectivity index (χ1n) is 6.52. The van der Waals surface area contributed by atoms with Crippen molar-refractivity contribution in [2.24, 2.45) is 0 Å². The number of aliphatic hydroxyl groups excluding tert-OH is 3. The van der Waals surface area contributed by atoms with E-state index in [0.29, 0.717) is 11.3 Å². The molecule has 1 aromatic carbocycles. The molecular formula is C14H18O7. The molecule has 0 aromatic heterocycles. The standard InChI is InChI=1S/C14H18O7/c1-19-9-4-2-8(3-5-9)14(18)21-10-6-12(16)20-11(7-15)13(10)17/h2-5,10-13,15-17H,6-7H2,1H3/t10-,11+,12-,13-/m0/s1. The second-order valence-electron chi connectivity index (χ2n) is 4.71. The Morgan fingerprint density at radius 1 is 1.33 bits per heavy atom. The summed E-state index contributed by atoms with van der Waals surface area (Å²) in [5.74, 6) is -0.0269. The topological polar surface area (TPSA) is 105 Å². The Labute approximate surface area is 121 Å². The first kappa shape index (κ1) is 15.7. The summed E-state index contributed by atoms with van der Waals surface area (Å²) in [5.41, 5.74) is 0.296. The van der Waals surface area contributed by atoms with Crippen molar-refractivity contribution in [3.8, 4) is 5.75 Å². The molecule has 3 N–H and O–H groups in total. The van der Waals surface area contributed by atoms with Crippen molar-refractivity contribution in [1.29, 1.82) is 0 Å². The van der Waals surface area contributed by atoms with Gasteiger partial charge in [0, 0.05) is 6.42 Å². The van der Waals surface area contributed by atoms with Crippen molar-refractivity contribution in [2.45, 2.75) is 31.0 Å². The Morgan fingerprint density at radius 2 is 2.00 bits per heavy atom. The highest BCUT2D eigenvalue weighted by atomic mass is 16.6. The zero-order chi connectivity index (χ0) is 15.4. The van der Waals surface area contributed by atoms with Crippen LogP contribution in [0.5, 0.6) is 5.75 Å². The van der Waals surface area contributed by atoms with Gasteiger partial charge in [0.15, 0.2) is 6.29 Å². The number of aliphatic hydroxyl groups is 3. The summed E-state index contributed by atoms with van der Waals surface area (Å²) in [7, 11) is 1.52. The van der Waals surface area contributed by atoms with E-state index in [1.807, 2.05) is 0 Å².